The van der Waals surface area contributed by atoms with Crippen molar-refractivity contribution in [1.29, 1.82) is 0 Å². The Hall–Kier alpha value is -2.16. The molecule has 0 saturated heterocycles. The summed E-state index contributed by atoms with van der Waals surface area (Å²) in [4.78, 5) is 0. The highest BCUT2D eigenvalue weighted by Gasteiger charge is 2.20. The molecule has 1 N–H and O–H groups in total. The van der Waals surface area contributed by atoms with Crippen molar-refractivity contribution in [1.82, 2.24) is 5.32 Å². The van der Waals surface area contributed by atoms with Gasteiger partial charge in [-0.05, 0) is 71.3 Å². The van der Waals surface area contributed by atoms with Gasteiger partial charge in [-0.1, -0.05) is 82.7 Å². The molecule has 0 bridgehead atoms. The quantitative estimate of drug-likeness (QED) is 0.482. The molecule has 0 spiro atoms. The molecule has 1 nitrogen and oxygen atoms in total. The first-order valence-electron chi connectivity index (χ1n) is 9.62. The summed E-state index contributed by atoms with van der Waals surface area (Å²) in [6.07, 6.45) is 3.30. The van der Waals surface area contributed by atoms with Crippen molar-refractivity contribution in [3.8, 4) is 0 Å². The van der Waals surface area contributed by atoms with Gasteiger partial charge in [0.25, 0.3) is 0 Å². The zero-order chi connectivity index (χ0) is 18.5. The molecule has 0 radical (unpaired) electrons. The SMILES string of the molecule is Brc1ccc2c(c1)CCC(CNCCc1ccccc1)=C2c1ccccc1. The molecule has 0 atom stereocenters. The van der Waals surface area contributed by atoms with E-state index in [0.29, 0.717) is 0 Å². The first-order chi connectivity index (χ1) is 13.3. The third-order valence-electron chi connectivity index (χ3n) is 5.22. The van der Waals surface area contributed by atoms with Crippen LogP contribution in [0.25, 0.3) is 5.57 Å². The van der Waals surface area contributed by atoms with Gasteiger partial charge in [-0.15, -0.1) is 0 Å². The summed E-state index contributed by atoms with van der Waals surface area (Å²) in [5.74, 6) is 0. The molecular formula is C25H24BrN. The minimum absolute atomic E-state index is 0.951. The van der Waals surface area contributed by atoms with Crippen LogP contribution >= 0.6 is 15.9 Å². The van der Waals surface area contributed by atoms with E-state index < -0.39 is 0 Å². The van der Waals surface area contributed by atoms with Gasteiger partial charge in [0.1, 0.15) is 0 Å². The van der Waals surface area contributed by atoms with Crippen molar-refractivity contribution in [2.75, 3.05) is 13.1 Å². The topological polar surface area (TPSA) is 12.0 Å². The fourth-order valence-electron chi connectivity index (χ4n) is 3.87. The van der Waals surface area contributed by atoms with E-state index >= 15 is 0 Å². The molecule has 4 rings (SSSR count). The molecule has 0 unspecified atom stereocenters. The molecular weight excluding hydrogens is 394 g/mol. The third kappa shape index (κ3) is 4.40. The number of halogens is 1. The molecule has 0 aliphatic heterocycles. The molecule has 0 saturated carbocycles. The lowest BCUT2D eigenvalue weighted by Gasteiger charge is -2.25. The fourth-order valence-corrected chi connectivity index (χ4v) is 4.28. The Morgan fingerprint density at radius 3 is 2.33 bits per heavy atom. The van der Waals surface area contributed by atoms with Gasteiger partial charge in [0.15, 0.2) is 0 Å². The van der Waals surface area contributed by atoms with Crippen LogP contribution in [0.3, 0.4) is 0 Å². The molecule has 3 aromatic rings. The highest BCUT2D eigenvalue weighted by Crippen LogP contribution is 2.36. The maximum Gasteiger partial charge on any atom is 0.0178 e. The van der Waals surface area contributed by atoms with Gasteiger partial charge in [0.05, 0.1) is 0 Å². The predicted molar refractivity (Wildman–Crippen MR) is 118 cm³/mol. The van der Waals surface area contributed by atoms with Gasteiger partial charge < -0.3 is 5.32 Å². The number of rotatable bonds is 6. The third-order valence-corrected chi connectivity index (χ3v) is 5.71. The second-order valence-electron chi connectivity index (χ2n) is 7.06. The normalized spacial score (nSPS) is 13.5. The van der Waals surface area contributed by atoms with Gasteiger partial charge in [0.2, 0.25) is 0 Å². The maximum absolute atomic E-state index is 3.68. The van der Waals surface area contributed by atoms with Gasteiger partial charge in [-0.2, -0.15) is 0 Å². The van der Waals surface area contributed by atoms with Crippen LogP contribution in [0, 0.1) is 0 Å². The Morgan fingerprint density at radius 2 is 1.56 bits per heavy atom. The minimum Gasteiger partial charge on any atom is -0.313 e. The highest BCUT2D eigenvalue weighted by atomic mass is 79.9. The Morgan fingerprint density at radius 1 is 0.815 bits per heavy atom. The highest BCUT2D eigenvalue weighted by molar-refractivity contribution is 9.10. The lowest BCUT2D eigenvalue weighted by molar-refractivity contribution is 0.705. The van der Waals surface area contributed by atoms with E-state index in [1.165, 1.54) is 33.4 Å². The number of aryl methyl sites for hydroxylation is 1. The van der Waals surface area contributed by atoms with Crippen molar-refractivity contribution in [2.45, 2.75) is 19.3 Å². The molecule has 27 heavy (non-hydrogen) atoms. The Labute approximate surface area is 170 Å². The standard InChI is InChI=1S/C25H24BrN/c26-23-13-14-24-21(17-23)11-12-22(25(24)20-9-5-2-6-10-20)18-27-16-15-19-7-3-1-4-8-19/h1-10,13-14,17,27H,11-12,15-16,18H2. The lowest BCUT2D eigenvalue weighted by atomic mass is 9.82. The summed E-state index contributed by atoms with van der Waals surface area (Å²) >= 11 is 3.63. The van der Waals surface area contributed by atoms with Crippen LogP contribution in [0.1, 0.15) is 28.7 Å². The predicted octanol–water partition coefficient (Wildman–Crippen LogP) is 6.03. The lowest BCUT2D eigenvalue weighted by Crippen LogP contribution is -2.22. The molecule has 0 amide bonds. The van der Waals surface area contributed by atoms with E-state index in [0.717, 1.165) is 36.8 Å². The molecule has 0 fully saturated rings. The van der Waals surface area contributed by atoms with Crippen LogP contribution < -0.4 is 5.32 Å². The number of hydrogen-bond acceptors (Lipinski definition) is 1. The van der Waals surface area contributed by atoms with E-state index in [1.807, 2.05) is 0 Å². The average Bonchev–Trinajstić information content (AvgIpc) is 2.72. The van der Waals surface area contributed by atoms with Crippen molar-refractivity contribution in [3.05, 3.63) is 111 Å². The van der Waals surface area contributed by atoms with Crippen molar-refractivity contribution in [3.63, 3.8) is 0 Å². The summed E-state index contributed by atoms with van der Waals surface area (Å²) in [5.41, 5.74) is 8.47. The van der Waals surface area contributed by atoms with Crippen molar-refractivity contribution >= 4 is 21.5 Å². The van der Waals surface area contributed by atoms with Gasteiger partial charge in [-0.3, -0.25) is 0 Å². The molecule has 0 aromatic heterocycles. The van der Waals surface area contributed by atoms with Crippen molar-refractivity contribution < 1.29 is 0 Å². The van der Waals surface area contributed by atoms with Crippen LogP contribution in [-0.4, -0.2) is 13.1 Å². The van der Waals surface area contributed by atoms with E-state index in [1.54, 1.807) is 0 Å². The van der Waals surface area contributed by atoms with E-state index in [-0.39, 0.29) is 0 Å². The molecule has 3 aromatic carbocycles. The summed E-state index contributed by atoms with van der Waals surface area (Å²) < 4.78 is 1.16. The van der Waals surface area contributed by atoms with Crippen LogP contribution in [-0.2, 0) is 12.8 Å². The first kappa shape index (κ1) is 18.2. The maximum atomic E-state index is 3.68. The number of nitrogens with one attached hydrogen (secondary N) is 1. The molecule has 1 aliphatic carbocycles. The largest absolute Gasteiger partial charge is 0.313 e. The van der Waals surface area contributed by atoms with E-state index in [4.69, 9.17) is 0 Å². The van der Waals surface area contributed by atoms with Gasteiger partial charge in [0, 0.05) is 11.0 Å². The number of fused-ring (bicyclic) bond motifs is 1. The average molecular weight is 418 g/mol. The molecule has 0 heterocycles. The Bertz CT molecular complexity index is 929. The summed E-state index contributed by atoms with van der Waals surface area (Å²) in [5, 5.41) is 3.68. The van der Waals surface area contributed by atoms with Crippen LogP contribution in [0.5, 0.6) is 0 Å². The monoisotopic (exact) mass is 417 g/mol. The van der Waals surface area contributed by atoms with E-state index in [2.05, 4.69) is 100 Å². The second kappa shape index (κ2) is 8.69. The van der Waals surface area contributed by atoms with Crippen LogP contribution in [0.2, 0.25) is 0 Å². The second-order valence-corrected chi connectivity index (χ2v) is 7.97. The van der Waals surface area contributed by atoms with E-state index in [9.17, 15) is 0 Å². The molecule has 136 valence electrons. The fraction of sp³-hybridized carbons (Fsp3) is 0.200. The van der Waals surface area contributed by atoms with Crippen LogP contribution in [0.15, 0.2) is 88.9 Å². The first-order valence-corrected chi connectivity index (χ1v) is 10.4. The zero-order valence-electron chi connectivity index (χ0n) is 15.4. The summed E-state index contributed by atoms with van der Waals surface area (Å²) in [6.45, 7) is 1.95. The van der Waals surface area contributed by atoms with Crippen molar-refractivity contribution in [2.24, 2.45) is 0 Å². The van der Waals surface area contributed by atoms with Gasteiger partial charge in [-0.25, -0.2) is 0 Å². The zero-order valence-corrected chi connectivity index (χ0v) is 17.0. The number of hydrogen-bond donors (Lipinski definition) is 1. The smallest absolute Gasteiger partial charge is 0.0178 e. The summed E-state index contributed by atoms with van der Waals surface area (Å²) in [7, 11) is 0. The Kier molecular flexibility index (Phi) is 5.86. The molecule has 2 heteroatoms. The number of benzene rings is 3. The minimum atomic E-state index is 0.951. The van der Waals surface area contributed by atoms with Gasteiger partial charge >= 0.3 is 0 Å². The Balaban J connectivity index is 1.56. The molecule has 1 aliphatic rings. The summed E-state index contributed by atoms with van der Waals surface area (Å²) in [6, 6.07) is 28.2. The van der Waals surface area contributed by atoms with Crippen LogP contribution in [0.4, 0.5) is 0 Å².